The largest absolute Gasteiger partial charge is 0.467 e. The summed E-state index contributed by atoms with van der Waals surface area (Å²) in [4.78, 5) is 11.4. The summed E-state index contributed by atoms with van der Waals surface area (Å²) >= 11 is 0. The lowest BCUT2D eigenvalue weighted by molar-refractivity contribution is -0.122. The van der Waals surface area contributed by atoms with Gasteiger partial charge >= 0.3 is 0 Å². The van der Waals surface area contributed by atoms with Crippen LogP contribution in [0.3, 0.4) is 0 Å². The summed E-state index contributed by atoms with van der Waals surface area (Å²) in [5, 5.41) is 2.71. The Labute approximate surface area is 83.5 Å². The highest BCUT2D eigenvalue weighted by Gasteiger charge is 2.11. The number of furan rings is 1. The van der Waals surface area contributed by atoms with E-state index in [9.17, 15) is 4.79 Å². The Kier molecular flexibility index (Phi) is 4.19. The van der Waals surface area contributed by atoms with Gasteiger partial charge in [-0.05, 0) is 18.6 Å². The van der Waals surface area contributed by atoms with Crippen molar-refractivity contribution in [3.05, 3.63) is 24.2 Å². The second-order valence-electron chi connectivity index (χ2n) is 3.19. The Hall–Kier alpha value is -1.29. The molecule has 0 aliphatic rings. The second-order valence-corrected chi connectivity index (χ2v) is 3.19. The number of carbonyl (C=O) groups is 1. The van der Waals surface area contributed by atoms with Crippen molar-refractivity contribution in [1.82, 2.24) is 5.32 Å². The van der Waals surface area contributed by atoms with Crippen molar-refractivity contribution in [1.29, 1.82) is 0 Å². The van der Waals surface area contributed by atoms with Crippen molar-refractivity contribution in [3.63, 3.8) is 0 Å². The molecule has 0 fully saturated rings. The van der Waals surface area contributed by atoms with Crippen molar-refractivity contribution in [2.45, 2.75) is 32.4 Å². The maximum Gasteiger partial charge on any atom is 0.237 e. The molecule has 4 heteroatoms. The van der Waals surface area contributed by atoms with Crippen LogP contribution in [0.5, 0.6) is 0 Å². The quantitative estimate of drug-likeness (QED) is 0.738. The molecule has 3 N–H and O–H groups in total. The molecule has 1 aromatic heterocycles. The van der Waals surface area contributed by atoms with Gasteiger partial charge in [0.1, 0.15) is 5.76 Å². The number of nitrogens with two attached hydrogens (primary N) is 1. The SMILES string of the molecule is CCC[C@H](N)C(=O)NCc1ccco1. The van der Waals surface area contributed by atoms with E-state index in [0.717, 1.165) is 12.2 Å². The number of carbonyl (C=O) groups excluding carboxylic acids is 1. The lowest BCUT2D eigenvalue weighted by Gasteiger charge is -2.09. The number of hydrogen-bond acceptors (Lipinski definition) is 3. The summed E-state index contributed by atoms with van der Waals surface area (Å²) in [6.45, 7) is 2.41. The second kappa shape index (κ2) is 5.44. The van der Waals surface area contributed by atoms with Crippen LogP contribution in [0.4, 0.5) is 0 Å². The highest BCUT2D eigenvalue weighted by atomic mass is 16.3. The molecule has 0 radical (unpaired) electrons. The molecule has 0 saturated heterocycles. The summed E-state index contributed by atoms with van der Waals surface area (Å²) in [5.74, 6) is 0.616. The first kappa shape index (κ1) is 10.8. The zero-order valence-corrected chi connectivity index (χ0v) is 8.32. The molecule has 0 aliphatic carbocycles. The maximum atomic E-state index is 11.4. The predicted molar refractivity (Wildman–Crippen MR) is 53.4 cm³/mol. The van der Waals surface area contributed by atoms with E-state index in [1.807, 2.05) is 13.0 Å². The van der Waals surface area contributed by atoms with Gasteiger partial charge in [-0.15, -0.1) is 0 Å². The van der Waals surface area contributed by atoms with Crippen LogP contribution >= 0.6 is 0 Å². The molecule has 0 aromatic carbocycles. The highest BCUT2D eigenvalue weighted by Crippen LogP contribution is 1.99. The van der Waals surface area contributed by atoms with Crippen LogP contribution in [0.15, 0.2) is 22.8 Å². The van der Waals surface area contributed by atoms with E-state index in [2.05, 4.69) is 5.32 Å². The van der Waals surface area contributed by atoms with Gasteiger partial charge in [0.25, 0.3) is 0 Å². The van der Waals surface area contributed by atoms with Gasteiger partial charge in [0, 0.05) is 0 Å². The van der Waals surface area contributed by atoms with Crippen molar-refractivity contribution in [3.8, 4) is 0 Å². The third-order valence-electron chi connectivity index (χ3n) is 1.95. The zero-order chi connectivity index (χ0) is 10.4. The van der Waals surface area contributed by atoms with E-state index < -0.39 is 6.04 Å². The first-order chi connectivity index (χ1) is 6.74. The Balaban J connectivity index is 2.27. The average molecular weight is 196 g/mol. The molecule has 1 atom stereocenters. The van der Waals surface area contributed by atoms with E-state index >= 15 is 0 Å². The molecule has 0 spiro atoms. The van der Waals surface area contributed by atoms with Crippen LogP contribution in [-0.2, 0) is 11.3 Å². The van der Waals surface area contributed by atoms with Crippen molar-refractivity contribution in [2.24, 2.45) is 5.73 Å². The summed E-state index contributed by atoms with van der Waals surface area (Å²) in [7, 11) is 0. The Morgan fingerprint density at radius 3 is 3.07 bits per heavy atom. The molecular weight excluding hydrogens is 180 g/mol. The molecule has 0 unspecified atom stereocenters. The topological polar surface area (TPSA) is 68.3 Å². The van der Waals surface area contributed by atoms with Gasteiger partial charge < -0.3 is 15.5 Å². The molecule has 1 heterocycles. The van der Waals surface area contributed by atoms with Crippen molar-refractivity contribution >= 4 is 5.91 Å². The number of rotatable bonds is 5. The van der Waals surface area contributed by atoms with Gasteiger partial charge in [0.05, 0.1) is 18.8 Å². The summed E-state index contributed by atoms with van der Waals surface area (Å²) in [6.07, 6.45) is 3.20. The van der Waals surface area contributed by atoms with Gasteiger partial charge in [-0.3, -0.25) is 4.79 Å². The van der Waals surface area contributed by atoms with Crippen molar-refractivity contribution < 1.29 is 9.21 Å². The summed E-state index contributed by atoms with van der Waals surface area (Å²) in [6, 6.07) is 3.19. The average Bonchev–Trinajstić information content (AvgIpc) is 2.67. The lowest BCUT2D eigenvalue weighted by Crippen LogP contribution is -2.39. The molecule has 0 bridgehead atoms. The van der Waals surface area contributed by atoms with E-state index in [4.69, 9.17) is 10.2 Å². The molecule has 1 amide bonds. The third kappa shape index (κ3) is 3.22. The van der Waals surface area contributed by atoms with Gasteiger partial charge in [-0.2, -0.15) is 0 Å². The van der Waals surface area contributed by atoms with Crippen LogP contribution in [0.1, 0.15) is 25.5 Å². The molecular formula is C10H16N2O2. The normalized spacial score (nSPS) is 12.4. The van der Waals surface area contributed by atoms with Gasteiger partial charge in [-0.1, -0.05) is 13.3 Å². The smallest absolute Gasteiger partial charge is 0.237 e. The fourth-order valence-electron chi connectivity index (χ4n) is 1.16. The standard InChI is InChI=1S/C10H16N2O2/c1-2-4-9(11)10(13)12-7-8-5-3-6-14-8/h3,5-6,9H,2,4,7,11H2,1H3,(H,12,13)/t9-/m0/s1. The fourth-order valence-corrected chi connectivity index (χ4v) is 1.16. The predicted octanol–water partition coefficient (Wildman–Crippen LogP) is 1.02. The number of amides is 1. The Bertz CT molecular complexity index is 270. The van der Waals surface area contributed by atoms with Crippen LogP contribution in [-0.4, -0.2) is 11.9 Å². The lowest BCUT2D eigenvalue weighted by atomic mass is 10.2. The van der Waals surface area contributed by atoms with Crippen LogP contribution < -0.4 is 11.1 Å². The Morgan fingerprint density at radius 2 is 2.50 bits per heavy atom. The molecule has 4 nitrogen and oxygen atoms in total. The van der Waals surface area contributed by atoms with Gasteiger partial charge in [-0.25, -0.2) is 0 Å². The first-order valence-electron chi connectivity index (χ1n) is 4.79. The Morgan fingerprint density at radius 1 is 1.71 bits per heavy atom. The number of hydrogen-bond donors (Lipinski definition) is 2. The van der Waals surface area contributed by atoms with Crippen LogP contribution in [0.2, 0.25) is 0 Å². The molecule has 1 rings (SSSR count). The van der Waals surface area contributed by atoms with Crippen LogP contribution in [0.25, 0.3) is 0 Å². The van der Waals surface area contributed by atoms with E-state index in [0.29, 0.717) is 13.0 Å². The fraction of sp³-hybridized carbons (Fsp3) is 0.500. The van der Waals surface area contributed by atoms with Gasteiger partial charge in [0.2, 0.25) is 5.91 Å². The van der Waals surface area contributed by atoms with E-state index in [-0.39, 0.29) is 5.91 Å². The molecule has 1 aromatic rings. The zero-order valence-electron chi connectivity index (χ0n) is 8.32. The summed E-state index contributed by atoms with van der Waals surface area (Å²) in [5.41, 5.74) is 5.62. The molecule has 78 valence electrons. The van der Waals surface area contributed by atoms with Gasteiger partial charge in [0.15, 0.2) is 0 Å². The van der Waals surface area contributed by atoms with Crippen molar-refractivity contribution in [2.75, 3.05) is 0 Å². The minimum absolute atomic E-state index is 0.122. The van der Waals surface area contributed by atoms with E-state index in [1.54, 1.807) is 12.3 Å². The number of nitrogens with one attached hydrogen (secondary N) is 1. The highest BCUT2D eigenvalue weighted by molar-refractivity contribution is 5.81. The maximum absolute atomic E-state index is 11.4. The minimum atomic E-state index is -0.407. The van der Waals surface area contributed by atoms with E-state index in [1.165, 1.54) is 0 Å². The molecule has 14 heavy (non-hydrogen) atoms. The molecule has 0 saturated carbocycles. The van der Waals surface area contributed by atoms with Crippen LogP contribution in [0, 0.1) is 0 Å². The third-order valence-corrected chi connectivity index (χ3v) is 1.95. The minimum Gasteiger partial charge on any atom is -0.467 e. The first-order valence-corrected chi connectivity index (χ1v) is 4.79. The molecule has 0 aliphatic heterocycles. The monoisotopic (exact) mass is 196 g/mol. The summed E-state index contributed by atoms with van der Waals surface area (Å²) < 4.78 is 5.07.